The molecule has 0 aliphatic carbocycles. The van der Waals surface area contributed by atoms with E-state index in [4.69, 9.17) is 21.6 Å². The van der Waals surface area contributed by atoms with Crippen molar-refractivity contribution in [1.29, 1.82) is 5.26 Å². The van der Waals surface area contributed by atoms with Gasteiger partial charge in [-0.05, 0) is 48.9 Å². The van der Waals surface area contributed by atoms with Crippen LogP contribution in [-0.4, -0.2) is 11.1 Å². The van der Waals surface area contributed by atoms with Crippen LogP contribution in [0.15, 0.2) is 54.6 Å². The zero-order valence-corrected chi connectivity index (χ0v) is 13.9. The summed E-state index contributed by atoms with van der Waals surface area (Å²) in [6.07, 6.45) is 3.42. The van der Waals surface area contributed by atoms with Crippen molar-refractivity contribution in [2.75, 3.05) is 0 Å². The molecule has 2 aromatic carbocycles. The summed E-state index contributed by atoms with van der Waals surface area (Å²) in [7, 11) is 0. The molecular formula is C20H15ClN2O. The van der Waals surface area contributed by atoms with Crippen molar-refractivity contribution in [3.05, 3.63) is 70.9 Å². The van der Waals surface area contributed by atoms with Crippen LogP contribution >= 0.6 is 11.6 Å². The number of fused-ring (bicyclic) bond motifs is 1. The first kappa shape index (κ1) is 16.0. The van der Waals surface area contributed by atoms with Gasteiger partial charge in [-0.3, -0.25) is 0 Å². The normalized spacial score (nSPS) is 12.2. The molecule has 0 aliphatic rings. The third kappa shape index (κ3) is 3.92. The summed E-state index contributed by atoms with van der Waals surface area (Å²) in [6.45, 7) is 1.71. The number of halogens is 1. The first-order valence-corrected chi connectivity index (χ1v) is 7.92. The van der Waals surface area contributed by atoms with Gasteiger partial charge in [0.25, 0.3) is 0 Å². The van der Waals surface area contributed by atoms with Crippen LogP contribution < -0.4 is 4.74 Å². The molecule has 0 bridgehead atoms. The van der Waals surface area contributed by atoms with E-state index in [9.17, 15) is 0 Å². The molecule has 0 N–H and O–H groups in total. The van der Waals surface area contributed by atoms with E-state index >= 15 is 0 Å². The monoisotopic (exact) mass is 334 g/mol. The highest BCUT2D eigenvalue weighted by Crippen LogP contribution is 2.20. The van der Waals surface area contributed by atoms with Crippen molar-refractivity contribution in [2.24, 2.45) is 0 Å². The maximum absolute atomic E-state index is 8.82. The molecule has 1 atom stereocenters. The van der Waals surface area contributed by atoms with E-state index in [1.807, 2.05) is 66.7 Å². The van der Waals surface area contributed by atoms with Crippen LogP contribution in [0.5, 0.6) is 5.75 Å². The Bertz CT molecular complexity index is 944. The van der Waals surface area contributed by atoms with E-state index in [0.29, 0.717) is 10.8 Å². The van der Waals surface area contributed by atoms with E-state index in [1.165, 1.54) is 0 Å². The summed E-state index contributed by atoms with van der Waals surface area (Å²) in [5, 5.41) is 10.5. The van der Waals surface area contributed by atoms with Crippen LogP contribution in [-0.2, 0) is 0 Å². The van der Waals surface area contributed by atoms with Gasteiger partial charge >= 0.3 is 0 Å². The number of nitriles is 1. The Hall–Kier alpha value is -2.83. The predicted molar refractivity (Wildman–Crippen MR) is 97.8 cm³/mol. The first-order valence-electron chi connectivity index (χ1n) is 7.55. The Balaban J connectivity index is 1.83. The van der Waals surface area contributed by atoms with Gasteiger partial charge in [-0.2, -0.15) is 5.26 Å². The van der Waals surface area contributed by atoms with E-state index < -0.39 is 6.10 Å². The third-order valence-electron chi connectivity index (χ3n) is 3.47. The number of hydrogen-bond donors (Lipinski definition) is 0. The summed E-state index contributed by atoms with van der Waals surface area (Å²) in [5.74, 6) is 0.671. The van der Waals surface area contributed by atoms with E-state index in [2.05, 4.69) is 11.1 Å². The smallest absolute Gasteiger partial charge is 0.181 e. The van der Waals surface area contributed by atoms with Gasteiger partial charge in [0.05, 0.1) is 11.2 Å². The molecule has 0 saturated heterocycles. The zero-order valence-electron chi connectivity index (χ0n) is 13.1. The number of ether oxygens (including phenoxy) is 1. The molecule has 4 heteroatoms. The summed E-state index contributed by atoms with van der Waals surface area (Å²) in [4.78, 5) is 4.59. The Morgan fingerprint density at radius 2 is 1.96 bits per heavy atom. The Morgan fingerprint density at radius 3 is 2.79 bits per heavy atom. The van der Waals surface area contributed by atoms with Crippen LogP contribution in [0, 0.1) is 11.3 Å². The van der Waals surface area contributed by atoms with Gasteiger partial charge in [0.1, 0.15) is 11.8 Å². The van der Waals surface area contributed by atoms with Gasteiger partial charge in [0.2, 0.25) is 0 Å². The maximum atomic E-state index is 8.82. The first-order chi connectivity index (χ1) is 11.6. The van der Waals surface area contributed by atoms with Crippen molar-refractivity contribution < 1.29 is 4.74 Å². The highest BCUT2D eigenvalue weighted by Gasteiger charge is 2.02. The highest BCUT2D eigenvalue weighted by atomic mass is 35.5. The second-order valence-electron chi connectivity index (χ2n) is 5.37. The topological polar surface area (TPSA) is 45.9 Å². The second kappa shape index (κ2) is 7.16. The lowest BCUT2D eigenvalue weighted by Gasteiger charge is -2.07. The SMILES string of the molecule is CC(C#N)Oc1cccc(C=Cc2ccc3ccc(Cl)cc3n2)c1. The molecule has 118 valence electrons. The third-order valence-corrected chi connectivity index (χ3v) is 3.71. The van der Waals surface area contributed by atoms with Crippen LogP contribution in [0.25, 0.3) is 23.1 Å². The van der Waals surface area contributed by atoms with Crippen LogP contribution in [0.3, 0.4) is 0 Å². The van der Waals surface area contributed by atoms with Gasteiger partial charge in [-0.25, -0.2) is 4.98 Å². The fourth-order valence-corrected chi connectivity index (χ4v) is 2.47. The highest BCUT2D eigenvalue weighted by molar-refractivity contribution is 6.31. The lowest BCUT2D eigenvalue weighted by molar-refractivity contribution is 0.276. The minimum Gasteiger partial charge on any atom is -0.476 e. The van der Waals surface area contributed by atoms with Crippen molar-refractivity contribution in [1.82, 2.24) is 4.98 Å². The molecule has 0 fully saturated rings. The van der Waals surface area contributed by atoms with E-state index in [-0.39, 0.29) is 0 Å². The average molecular weight is 335 g/mol. The lowest BCUT2D eigenvalue weighted by Crippen LogP contribution is -2.07. The fourth-order valence-electron chi connectivity index (χ4n) is 2.30. The number of hydrogen-bond acceptors (Lipinski definition) is 3. The molecule has 1 heterocycles. The Morgan fingerprint density at radius 1 is 1.12 bits per heavy atom. The number of pyridine rings is 1. The maximum Gasteiger partial charge on any atom is 0.181 e. The molecular weight excluding hydrogens is 320 g/mol. The molecule has 3 rings (SSSR count). The standard InChI is InChI=1S/C20H15ClN2O/c1-14(13-22)24-19-4-2-3-15(11-19)5-9-18-10-7-16-6-8-17(21)12-20(16)23-18/h2-12,14H,1H3. The molecule has 3 aromatic rings. The number of nitrogens with zero attached hydrogens (tertiary/aromatic N) is 2. The van der Waals surface area contributed by atoms with Crippen LogP contribution in [0.4, 0.5) is 0 Å². The largest absolute Gasteiger partial charge is 0.476 e. The van der Waals surface area contributed by atoms with Gasteiger partial charge < -0.3 is 4.74 Å². The molecule has 1 unspecified atom stereocenters. The van der Waals surface area contributed by atoms with Gasteiger partial charge in [0.15, 0.2) is 6.10 Å². The number of benzene rings is 2. The Kier molecular flexibility index (Phi) is 4.79. The molecule has 0 radical (unpaired) electrons. The zero-order chi connectivity index (χ0) is 16.9. The van der Waals surface area contributed by atoms with Gasteiger partial charge in [-0.1, -0.05) is 41.9 Å². The van der Waals surface area contributed by atoms with Crippen molar-refractivity contribution in [3.63, 3.8) is 0 Å². The quantitative estimate of drug-likeness (QED) is 0.646. The van der Waals surface area contributed by atoms with E-state index in [1.54, 1.807) is 6.92 Å². The van der Waals surface area contributed by atoms with Gasteiger partial charge in [-0.15, -0.1) is 0 Å². The number of aromatic nitrogens is 1. The van der Waals surface area contributed by atoms with Crippen molar-refractivity contribution in [2.45, 2.75) is 13.0 Å². The van der Waals surface area contributed by atoms with Crippen LogP contribution in [0.2, 0.25) is 5.02 Å². The molecule has 1 aromatic heterocycles. The van der Waals surface area contributed by atoms with Gasteiger partial charge in [0, 0.05) is 10.4 Å². The predicted octanol–water partition coefficient (Wildman–Crippen LogP) is 5.35. The number of rotatable bonds is 4. The summed E-state index contributed by atoms with van der Waals surface area (Å²) in [5.41, 5.74) is 2.69. The molecule has 0 aliphatic heterocycles. The molecule has 0 amide bonds. The average Bonchev–Trinajstić information content (AvgIpc) is 2.59. The minimum absolute atomic E-state index is 0.476. The molecule has 3 nitrogen and oxygen atoms in total. The lowest BCUT2D eigenvalue weighted by atomic mass is 10.1. The van der Waals surface area contributed by atoms with Crippen molar-refractivity contribution in [3.8, 4) is 11.8 Å². The van der Waals surface area contributed by atoms with E-state index in [0.717, 1.165) is 22.2 Å². The van der Waals surface area contributed by atoms with Crippen molar-refractivity contribution >= 4 is 34.7 Å². The molecule has 0 spiro atoms. The van der Waals surface area contributed by atoms with Crippen LogP contribution in [0.1, 0.15) is 18.2 Å². The fraction of sp³-hybridized carbons (Fsp3) is 0.100. The second-order valence-corrected chi connectivity index (χ2v) is 5.80. The summed E-state index contributed by atoms with van der Waals surface area (Å²) < 4.78 is 5.50. The summed E-state index contributed by atoms with van der Waals surface area (Å²) in [6, 6.07) is 19.3. The minimum atomic E-state index is -0.476. The Labute approximate surface area is 145 Å². The molecule has 24 heavy (non-hydrogen) atoms. The molecule has 0 saturated carbocycles. The summed E-state index contributed by atoms with van der Waals surface area (Å²) >= 11 is 6.02.